The molecule has 0 aliphatic heterocycles. The molecule has 1 aromatic heterocycles. The number of amides is 1. The summed E-state index contributed by atoms with van der Waals surface area (Å²) in [5.74, 6) is 1.31. The maximum Gasteiger partial charge on any atom is 0.277 e. The van der Waals surface area contributed by atoms with Gasteiger partial charge in [-0.2, -0.15) is 0 Å². The summed E-state index contributed by atoms with van der Waals surface area (Å²) in [6.45, 7) is 0. The molecule has 0 bridgehead atoms. The van der Waals surface area contributed by atoms with Crippen LogP contribution in [0.1, 0.15) is 43.9 Å². The van der Waals surface area contributed by atoms with E-state index in [1.54, 1.807) is 0 Å². The van der Waals surface area contributed by atoms with Gasteiger partial charge in [0.05, 0.1) is 5.75 Å². The Morgan fingerprint density at radius 2 is 1.95 bits per heavy atom. The molecule has 1 aliphatic rings. The second-order valence-electron chi connectivity index (χ2n) is 5.44. The lowest BCUT2D eigenvalue weighted by atomic mass is 9.89. The average Bonchev–Trinajstić information content (AvgIpc) is 3.04. The molecular weight excluding hydrogens is 298 g/mol. The number of carbonyl (C=O) groups excluding carboxylic acids is 1. The number of para-hydroxylation sites is 1. The van der Waals surface area contributed by atoms with E-state index in [0.717, 1.165) is 24.4 Å². The van der Waals surface area contributed by atoms with Crippen LogP contribution >= 0.6 is 11.8 Å². The van der Waals surface area contributed by atoms with E-state index >= 15 is 0 Å². The highest BCUT2D eigenvalue weighted by Gasteiger charge is 2.21. The fourth-order valence-electron chi connectivity index (χ4n) is 2.64. The number of rotatable bonds is 5. The van der Waals surface area contributed by atoms with E-state index in [4.69, 9.17) is 4.42 Å². The highest BCUT2D eigenvalue weighted by molar-refractivity contribution is 7.99. The average molecular weight is 317 g/mol. The number of carbonyl (C=O) groups is 1. The van der Waals surface area contributed by atoms with Gasteiger partial charge in [0.15, 0.2) is 0 Å². The van der Waals surface area contributed by atoms with E-state index in [1.165, 1.54) is 31.0 Å². The number of benzene rings is 1. The van der Waals surface area contributed by atoms with Gasteiger partial charge >= 0.3 is 0 Å². The number of nitrogens with zero attached hydrogens (tertiary/aromatic N) is 2. The van der Waals surface area contributed by atoms with E-state index < -0.39 is 0 Å². The van der Waals surface area contributed by atoms with Crippen molar-refractivity contribution in [2.45, 2.75) is 43.2 Å². The molecule has 1 aromatic carbocycles. The molecular formula is C16H19N3O2S. The molecule has 0 spiro atoms. The molecule has 0 saturated heterocycles. The lowest BCUT2D eigenvalue weighted by Gasteiger charge is -2.17. The van der Waals surface area contributed by atoms with Gasteiger partial charge in [0, 0.05) is 11.6 Å². The molecule has 1 heterocycles. The van der Waals surface area contributed by atoms with Gasteiger partial charge in [-0.25, -0.2) is 0 Å². The van der Waals surface area contributed by atoms with Crippen molar-refractivity contribution in [3.05, 3.63) is 36.2 Å². The molecule has 2 aromatic rings. The minimum Gasteiger partial charge on any atom is -0.416 e. The highest BCUT2D eigenvalue weighted by atomic mass is 32.2. The minimum atomic E-state index is -0.0754. The Hall–Kier alpha value is -1.82. The summed E-state index contributed by atoms with van der Waals surface area (Å²) in [4.78, 5) is 11.9. The Balaban J connectivity index is 1.49. The second-order valence-corrected chi connectivity index (χ2v) is 6.37. The van der Waals surface area contributed by atoms with Crippen molar-refractivity contribution in [2.24, 2.45) is 0 Å². The Morgan fingerprint density at radius 1 is 1.18 bits per heavy atom. The van der Waals surface area contributed by atoms with Crippen LogP contribution < -0.4 is 5.32 Å². The molecule has 1 aliphatic carbocycles. The molecule has 1 amide bonds. The van der Waals surface area contributed by atoms with Gasteiger partial charge in [-0.05, 0) is 25.0 Å². The molecule has 3 rings (SSSR count). The first-order valence-electron chi connectivity index (χ1n) is 7.62. The van der Waals surface area contributed by atoms with E-state index in [0.29, 0.717) is 11.1 Å². The van der Waals surface area contributed by atoms with Crippen molar-refractivity contribution in [2.75, 3.05) is 11.1 Å². The summed E-state index contributed by atoms with van der Waals surface area (Å²) < 4.78 is 5.68. The normalized spacial score (nSPS) is 15.6. The number of hydrogen-bond acceptors (Lipinski definition) is 5. The van der Waals surface area contributed by atoms with Gasteiger partial charge in [0.25, 0.3) is 5.22 Å². The largest absolute Gasteiger partial charge is 0.416 e. The number of aromatic nitrogens is 2. The van der Waals surface area contributed by atoms with Gasteiger partial charge < -0.3 is 9.73 Å². The summed E-state index contributed by atoms with van der Waals surface area (Å²) in [7, 11) is 0. The molecule has 22 heavy (non-hydrogen) atoms. The minimum absolute atomic E-state index is 0.0754. The molecule has 116 valence electrons. The van der Waals surface area contributed by atoms with Gasteiger partial charge in [0.2, 0.25) is 11.8 Å². The zero-order valence-corrected chi connectivity index (χ0v) is 13.1. The molecule has 0 unspecified atom stereocenters. The summed E-state index contributed by atoms with van der Waals surface area (Å²) in [5.41, 5.74) is 0.793. The third kappa shape index (κ3) is 4.10. The Bertz CT molecular complexity index is 609. The van der Waals surface area contributed by atoms with Crippen LogP contribution in [0.25, 0.3) is 0 Å². The first kappa shape index (κ1) is 15.1. The van der Waals surface area contributed by atoms with E-state index in [-0.39, 0.29) is 11.7 Å². The molecule has 5 nitrogen and oxygen atoms in total. The van der Waals surface area contributed by atoms with Crippen LogP contribution in [0.3, 0.4) is 0 Å². The number of nitrogens with one attached hydrogen (secondary N) is 1. The van der Waals surface area contributed by atoms with Crippen LogP contribution in [0.15, 0.2) is 40.0 Å². The smallest absolute Gasteiger partial charge is 0.277 e. The van der Waals surface area contributed by atoms with Crippen molar-refractivity contribution in [1.29, 1.82) is 0 Å². The van der Waals surface area contributed by atoms with Gasteiger partial charge in [-0.3, -0.25) is 4.79 Å². The zero-order valence-electron chi connectivity index (χ0n) is 12.3. The molecule has 0 atom stereocenters. The third-order valence-electron chi connectivity index (χ3n) is 3.76. The monoisotopic (exact) mass is 317 g/mol. The number of thioether (sulfide) groups is 1. The van der Waals surface area contributed by atoms with Crippen molar-refractivity contribution in [3.63, 3.8) is 0 Å². The predicted molar refractivity (Wildman–Crippen MR) is 85.9 cm³/mol. The maximum absolute atomic E-state index is 11.9. The highest BCUT2D eigenvalue weighted by Crippen LogP contribution is 2.32. The van der Waals surface area contributed by atoms with Gasteiger partial charge in [-0.1, -0.05) is 49.2 Å². The fraction of sp³-hybridized carbons (Fsp3) is 0.438. The maximum atomic E-state index is 11.9. The van der Waals surface area contributed by atoms with Crippen LogP contribution in [-0.4, -0.2) is 21.9 Å². The Labute approximate surface area is 133 Å². The second kappa shape index (κ2) is 7.45. The molecule has 1 fully saturated rings. The summed E-state index contributed by atoms with van der Waals surface area (Å²) in [5, 5.41) is 11.5. The molecule has 0 radical (unpaired) electrons. The van der Waals surface area contributed by atoms with Crippen LogP contribution in [0, 0.1) is 0 Å². The lowest BCUT2D eigenvalue weighted by molar-refractivity contribution is -0.113. The van der Waals surface area contributed by atoms with Crippen molar-refractivity contribution < 1.29 is 9.21 Å². The Kier molecular flexibility index (Phi) is 5.11. The first-order chi connectivity index (χ1) is 10.8. The first-order valence-corrected chi connectivity index (χ1v) is 8.61. The Morgan fingerprint density at radius 3 is 2.73 bits per heavy atom. The van der Waals surface area contributed by atoms with Crippen LogP contribution in [-0.2, 0) is 4.79 Å². The third-order valence-corrected chi connectivity index (χ3v) is 4.58. The van der Waals surface area contributed by atoms with E-state index in [1.807, 2.05) is 30.3 Å². The number of hydrogen-bond donors (Lipinski definition) is 1. The van der Waals surface area contributed by atoms with Gasteiger partial charge in [-0.15, -0.1) is 10.2 Å². The van der Waals surface area contributed by atoms with Crippen LogP contribution in [0.5, 0.6) is 0 Å². The fourth-order valence-corrected chi connectivity index (χ4v) is 3.21. The number of anilines is 1. The summed E-state index contributed by atoms with van der Waals surface area (Å²) in [6.07, 6.45) is 6.01. The van der Waals surface area contributed by atoms with E-state index in [2.05, 4.69) is 15.5 Å². The topological polar surface area (TPSA) is 68.0 Å². The van der Waals surface area contributed by atoms with Crippen molar-refractivity contribution >= 4 is 23.4 Å². The lowest BCUT2D eigenvalue weighted by Crippen LogP contribution is -2.13. The van der Waals surface area contributed by atoms with Crippen LogP contribution in [0.2, 0.25) is 0 Å². The summed E-state index contributed by atoms with van der Waals surface area (Å²) >= 11 is 1.28. The van der Waals surface area contributed by atoms with Crippen molar-refractivity contribution in [3.8, 4) is 0 Å². The zero-order chi connectivity index (χ0) is 15.2. The summed E-state index contributed by atoms with van der Waals surface area (Å²) in [6, 6.07) is 9.40. The van der Waals surface area contributed by atoms with E-state index in [9.17, 15) is 4.79 Å². The molecule has 1 saturated carbocycles. The van der Waals surface area contributed by atoms with Crippen molar-refractivity contribution in [1.82, 2.24) is 10.2 Å². The predicted octanol–water partition coefficient (Wildman–Crippen LogP) is 3.85. The standard InChI is InChI=1S/C16H19N3O2S/c20-14(17-13-9-5-2-6-10-13)11-22-16-19-18-15(21-16)12-7-3-1-4-8-12/h2,5-6,9-10,12H,1,3-4,7-8,11H2,(H,17,20). The SMILES string of the molecule is O=C(CSc1nnc(C2CCCCC2)o1)Nc1ccccc1. The quantitative estimate of drug-likeness (QED) is 0.848. The molecule has 1 N–H and O–H groups in total. The van der Waals surface area contributed by atoms with Gasteiger partial charge in [0.1, 0.15) is 0 Å². The van der Waals surface area contributed by atoms with Crippen LogP contribution in [0.4, 0.5) is 5.69 Å². The molecule has 6 heteroatoms.